The Bertz CT molecular complexity index is 908. The first-order valence-corrected chi connectivity index (χ1v) is 12.1. The van der Waals surface area contributed by atoms with Gasteiger partial charge in [0.1, 0.15) is 0 Å². The Balaban J connectivity index is 1.67. The van der Waals surface area contributed by atoms with E-state index in [1.807, 2.05) is 30.3 Å². The lowest BCUT2D eigenvalue weighted by Gasteiger charge is -2.28. The van der Waals surface area contributed by atoms with Gasteiger partial charge in [-0.3, -0.25) is 0 Å². The molecule has 6 nitrogen and oxygen atoms in total. The number of hydrogen-bond donors (Lipinski definition) is 1. The normalized spacial score (nSPS) is 16.2. The van der Waals surface area contributed by atoms with Crippen LogP contribution in [0.2, 0.25) is 0 Å². The standard InChI is InChI=1S/C23H30N2O4S/c1-29-23(26)21-12-10-19(11-13-21)18-30(27,28)24-22(20-8-4-2-5-9-20)14-17-25-15-6-3-7-16-25/h2,4-5,8-13,22,24H,3,6-7,14-18H2,1H3. The molecule has 3 rings (SSSR count). The summed E-state index contributed by atoms with van der Waals surface area (Å²) in [6, 6.07) is 15.9. The number of hydrogen-bond acceptors (Lipinski definition) is 5. The number of rotatable bonds is 9. The number of ether oxygens (including phenoxy) is 1. The second-order valence-corrected chi connectivity index (χ2v) is 9.47. The maximum absolute atomic E-state index is 12.9. The zero-order valence-electron chi connectivity index (χ0n) is 17.4. The third kappa shape index (κ3) is 6.65. The molecule has 1 aliphatic heterocycles. The summed E-state index contributed by atoms with van der Waals surface area (Å²) in [7, 11) is -2.24. The highest BCUT2D eigenvalue weighted by Crippen LogP contribution is 2.21. The largest absolute Gasteiger partial charge is 0.465 e. The van der Waals surface area contributed by atoms with Crippen molar-refractivity contribution in [3.8, 4) is 0 Å². The van der Waals surface area contributed by atoms with Gasteiger partial charge in [0.25, 0.3) is 0 Å². The van der Waals surface area contributed by atoms with E-state index < -0.39 is 16.0 Å². The van der Waals surface area contributed by atoms with E-state index in [-0.39, 0.29) is 11.8 Å². The van der Waals surface area contributed by atoms with Gasteiger partial charge in [-0.05, 0) is 62.2 Å². The Labute approximate surface area is 179 Å². The predicted octanol–water partition coefficient (Wildman–Crippen LogP) is 3.51. The van der Waals surface area contributed by atoms with Crippen LogP contribution in [-0.2, 0) is 20.5 Å². The number of benzene rings is 2. The van der Waals surface area contributed by atoms with Crippen molar-refractivity contribution in [2.24, 2.45) is 0 Å². The fourth-order valence-corrected chi connectivity index (χ4v) is 5.21. The number of likely N-dealkylation sites (tertiary alicyclic amines) is 1. The summed E-state index contributed by atoms with van der Waals surface area (Å²) < 4.78 is 33.4. The van der Waals surface area contributed by atoms with E-state index in [0.29, 0.717) is 11.1 Å². The number of esters is 1. The first-order valence-electron chi connectivity index (χ1n) is 10.4. The first kappa shape index (κ1) is 22.5. The topological polar surface area (TPSA) is 75.7 Å². The lowest BCUT2D eigenvalue weighted by molar-refractivity contribution is 0.0600. The van der Waals surface area contributed by atoms with Gasteiger partial charge in [0.2, 0.25) is 10.0 Å². The summed E-state index contributed by atoms with van der Waals surface area (Å²) in [4.78, 5) is 14.0. The Morgan fingerprint density at radius 1 is 1.03 bits per heavy atom. The molecule has 0 bridgehead atoms. The predicted molar refractivity (Wildman–Crippen MR) is 118 cm³/mol. The number of carbonyl (C=O) groups is 1. The number of piperidine rings is 1. The molecule has 7 heteroatoms. The quantitative estimate of drug-likeness (QED) is 0.616. The van der Waals surface area contributed by atoms with Gasteiger partial charge in [-0.2, -0.15) is 0 Å². The van der Waals surface area contributed by atoms with Crippen molar-refractivity contribution in [1.29, 1.82) is 0 Å². The fourth-order valence-electron chi connectivity index (χ4n) is 3.81. The van der Waals surface area contributed by atoms with Crippen LogP contribution in [0.25, 0.3) is 0 Å². The average molecular weight is 431 g/mol. The molecule has 1 saturated heterocycles. The van der Waals surface area contributed by atoms with Crippen LogP contribution >= 0.6 is 0 Å². The summed E-state index contributed by atoms with van der Waals surface area (Å²) in [6.45, 7) is 3.04. The van der Waals surface area contributed by atoms with E-state index in [9.17, 15) is 13.2 Å². The van der Waals surface area contributed by atoms with Crippen LogP contribution < -0.4 is 4.72 Å². The van der Waals surface area contributed by atoms with Gasteiger partial charge in [0.05, 0.1) is 18.4 Å². The molecule has 0 aromatic heterocycles. The third-order valence-corrected chi connectivity index (χ3v) is 6.80. The van der Waals surface area contributed by atoms with Crippen molar-refractivity contribution in [3.05, 3.63) is 71.3 Å². The SMILES string of the molecule is COC(=O)c1ccc(CS(=O)(=O)NC(CCN2CCCCC2)c2ccccc2)cc1. The highest BCUT2D eigenvalue weighted by molar-refractivity contribution is 7.88. The summed E-state index contributed by atoms with van der Waals surface area (Å²) in [5.74, 6) is -0.578. The van der Waals surface area contributed by atoms with Crippen molar-refractivity contribution >= 4 is 16.0 Å². The van der Waals surface area contributed by atoms with Crippen LogP contribution in [0.15, 0.2) is 54.6 Å². The summed E-state index contributed by atoms with van der Waals surface area (Å²) >= 11 is 0. The molecule has 1 aliphatic rings. The monoisotopic (exact) mass is 430 g/mol. The Morgan fingerprint density at radius 2 is 1.70 bits per heavy atom. The zero-order valence-corrected chi connectivity index (χ0v) is 18.2. The molecule has 0 saturated carbocycles. The summed E-state index contributed by atoms with van der Waals surface area (Å²) in [6.07, 6.45) is 4.43. The van der Waals surface area contributed by atoms with E-state index in [4.69, 9.17) is 0 Å². The maximum atomic E-state index is 12.9. The highest BCUT2D eigenvalue weighted by atomic mass is 32.2. The van der Waals surface area contributed by atoms with E-state index in [2.05, 4.69) is 14.4 Å². The molecule has 0 aliphatic carbocycles. The Kier molecular flexibility index (Phi) is 8.01. The number of nitrogens with zero attached hydrogens (tertiary/aromatic N) is 1. The van der Waals surface area contributed by atoms with E-state index in [1.54, 1.807) is 24.3 Å². The maximum Gasteiger partial charge on any atom is 0.337 e. The number of sulfonamides is 1. The van der Waals surface area contributed by atoms with Crippen molar-refractivity contribution in [3.63, 3.8) is 0 Å². The second-order valence-electron chi connectivity index (χ2n) is 7.72. The molecule has 0 amide bonds. The number of methoxy groups -OCH3 is 1. The smallest absolute Gasteiger partial charge is 0.337 e. The Hall–Kier alpha value is -2.22. The number of carbonyl (C=O) groups excluding carboxylic acids is 1. The molecule has 1 atom stereocenters. The molecule has 1 N–H and O–H groups in total. The second kappa shape index (κ2) is 10.7. The zero-order chi connectivity index (χ0) is 21.4. The molecule has 0 spiro atoms. The number of nitrogens with one attached hydrogen (secondary N) is 1. The van der Waals surface area contributed by atoms with Crippen molar-refractivity contribution in [2.75, 3.05) is 26.7 Å². The van der Waals surface area contributed by atoms with E-state index in [0.717, 1.165) is 31.6 Å². The summed E-state index contributed by atoms with van der Waals surface area (Å²) in [5.41, 5.74) is 1.99. The van der Waals surface area contributed by atoms with Gasteiger partial charge in [-0.25, -0.2) is 17.9 Å². The molecule has 2 aromatic rings. The molecular weight excluding hydrogens is 400 g/mol. The molecule has 2 aromatic carbocycles. The first-order chi connectivity index (χ1) is 14.5. The van der Waals surface area contributed by atoms with E-state index >= 15 is 0 Å². The van der Waals surface area contributed by atoms with Crippen molar-refractivity contribution in [1.82, 2.24) is 9.62 Å². The molecule has 1 unspecified atom stereocenters. The minimum Gasteiger partial charge on any atom is -0.465 e. The van der Waals surface area contributed by atoms with Crippen LogP contribution in [0.4, 0.5) is 0 Å². The molecular formula is C23H30N2O4S. The third-order valence-electron chi connectivity index (χ3n) is 5.44. The molecule has 30 heavy (non-hydrogen) atoms. The molecule has 1 fully saturated rings. The highest BCUT2D eigenvalue weighted by Gasteiger charge is 2.21. The molecule has 162 valence electrons. The van der Waals surface area contributed by atoms with Gasteiger partial charge in [0, 0.05) is 6.04 Å². The summed E-state index contributed by atoms with van der Waals surface area (Å²) in [5, 5.41) is 0. The minimum atomic E-state index is -3.56. The van der Waals surface area contributed by atoms with Crippen LogP contribution in [0, 0.1) is 0 Å². The van der Waals surface area contributed by atoms with Crippen LogP contribution in [0.5, 0.6) is 0 Å². The van der Waals surface area contributed by atoms with E-state index in [1.165, 1.54) is 26.4 Å². The molecule has 0 radical (unpaired) electrons. The van der Waals surface area contributed by atoms with Crippen LogP contribution in [-0.4, -0.2) is 46.0 Å². The van der Waals surface area contributed by atoms with Gasteiger partial charge in [0.15, 0.2) is 0 Å². The van der Waals surface area contributed by atoms with Crippen molar-refractivity contribution < 1.29 is 17.9 Å². The van der Waals surface area contributed by atoms with Gasteiger partial charge < -0.3 is 9.64 Å². The van der Waals surface area contributed by atoms with Crippen molar-refractivity contribution in [2.45, 2.75) is 37.5 Å². The van der Waals surface area contributed by atoms with Crippen LogP contribution in [0.1, 0.15) is 53.2 Å². The van der Waals surface area contributed by atoms with Gasteiger partial charge in [-0.15, -0.1) is 0 Å². The fraction of sp³-hybridized carbons (Fsp3) is 0.435. The molecule has 1 heterocycles. The Morgan fingerprint density at radius 3 is 2.33 bits per heavy atom. The van der Waals surface area contributed by atoms with Crippen LogP contribution in [0.3, 0.4) is 0 Å². The van der Waals surface area contributed by atoms with Gasteiger partial charge >= 0.3 is 5.97 Å². The lowest BCUT2D eigenvalue weighted by Crippen LogP contribution is -2.35. The van der Waals surface area contributed by atoms with Gasteiger partial charge in [-0.1, -0.05) is 48.9 Å². The minimum absolute atomic E-state index is 0.137. The average Bonchev–Trinajstić information content (AvgIpc) is 2.77. The lowest BCUT2D eigenvalue weighted by atomic mass is 10.0.